The Morgan fingerprint density at radius 3 is 2.29 bits per heavy atom. The first kappa shape index (κ1) is 14.1. The summed E-state index contributed by atoms with van der Waals surface area (Å²) in [5, 5.41) is 2.94. The lowest BCUT2D eigenvalue weighted by atomic mass is 9.90. The monoisotopic (exact) mass is 295 g/mol. The van der Waals surface area contributed by atoms with Crippen LogP contribution in [0.4, 0.5) is 0 Å². The smallest absolute Gasteiger partial charge is 0.0560 e. The van der Waals surface area contributed by atoms with E-state index in [1.165, 1.54) is 16.7 Å². The average Bonchev–Trinajstić information content (AvgIpc) is 2.50. The van der Waals surface area contributed by atoms with Crippen LogP contribution < -0.4 is 5.73 Å². The number of hydrogen-bond donors (Lipinski definition) is 1. The highest BCUT2D eigenvalue weighted by Crippen LogP contribution is 2.33. The van der Waals surface area contributed by atoms with Crippen molar-refractivity contribution < 1.29 is 0 Å². The fourth-order valence-corrected chi connectivity index (χ4v) is 3.06. The number of nitrogens with two attached hydrogens (primary N) is 1. The van der Waals surface area contributed by atoms with Gasteiger partial charge in [-0.1, -0.05) is 60.1 Å². The van der Waals surface area contributed by atoms with Gasteiger partial charge in [0.25, 0.3) is 0 Å². The number of hydrogen-bond acceptors (Lipinski definition) is 1. The molecule has 0 radical (unpaired) electrons. The van der Waals surface area contributed by atoms with Crippen LogP contribution in [0.3, 0.4) is 0 Å². The summed E-state index contributed by atoms with van der Waals surface area (Å²) in [6.07, 6.45) is 0. The molecule has 0 aliphatic rings. The van der Waals surface area contributed by atoms with Crippen LogP contribution in [0.5, 0.6) is 0 Å². The van der Waals surface area contributed by atoms with Crippen LogP contribution in [0, 0.1) is 13.8 Å². The Hall–Kier alpha value is -1.83. The van der Waals surface area contributed by atoms with E-state index in [9.17, 15) is 0 Å². The van der Waals surface area contributed by atoms with Gasteiger partial charge in [-0.3, -0.25) is 0 Å². The molecule has 0 bridgehead atoms. The maximum absolute atomic E-state index is 6.56. The third-order valence-electron chi connectivity index (χ3n) is 4.22. The number of benzene rings is 3. The Kier molecular flexibility index (Phi) is 3.71. The zero-order valence-electron chi connectivity index (χ0n) is 12.2. The van der Waals surface area contributed by atoms with Gasteiger partial charge in [-0.15, -0.1) is 0 Å². The van der Waals surface area contributed by atoms with Crippen LogP contribution in [0.1, 0.15) is 28.3 Å². The van der Waals surface area contributed by atoms with E-state index in [0.717, 1.165) is 21.4 Å². The molecule has 1 unspecified atom stereocenters. The van der Waals surface area contributed by atoms with Crippen molar-refractivity contribution in [1.82, 2.24) is 0 Å². The van der Waals surface area contributed by atoms with Crippen LogP contribution in [-0.2, 0) is 0 Å². The Balaban J connectivity index is 2.21. The Morgan fingerprint density at radius 2 is 1.52 bits per heavy atom. The highest BCUT2D eigenvalue weighted by molar-refractivity contribution is 6.35. The summed E-state index contributed by atoms with van der Waals surface area (Å²) in [4.78, 5) is 0. The first-order valence-corrected chi connectivity index (χ1v) is 7.46. The van der Waals surface area contributed by atoms with Crippen molar-refractivity contribution in [3.63, 3.8) is 0 Å². The molecule has 0 spiro atoms. The minimum atomic E-state index is -0.146. The highest BCUT2D eigenvalue weighted by atomic mass is 35.5. The van der Waals surface area contributed by atoms with Crippen LogP contribution >= 0.6 is 11.6 Å². The zero-order chi connectivity index (χ0) is 15.0. The summed E-state index contributed by atoms with van der Waals surface area (Å²) in [5.74, 6) is 0. The van der Waals surface area contributed by atoms with E-state index in [0.29, 0.717) is 0 Å². The van der Waals surface area contributed by atoms with Gasteiger partial charge in [0.05, 0.1) is 6.04 Å². The van der Waals surface area contributed by atoms with Crippen molar-refractivity contribution in [2.45, 2.75) is 19.9 Å². The van der Waals surface area contributed by atoms with Crippen LogP contribution in [0.25, 0.3) is 10.8 Å². The molecule has 0 heterocycles. The standard InChI is InChI=1S/C19H18ClN/c1-12-6-5-9-14(13(12)2)19(21)17-10-11-18(20)16-8-4-3-7-15(16)17/h3-11,19H,21H2,1-2H3. The second kappa shape index (κ2) is 5.51. The maximum Gasteiger partial charge on any atom is 0.0560 e. The first-order chi connectivity index (χ1) is 10.1. The van der Waals surface area contributed by atoms with Crippen molar-refractivity contribution in [2.75, 3.05) is 0 Å². The van der Waals surface area contributed by atoms with Gasteiger partial charge >= 0.3 is 0 Å². The molecule has 2 N–H and O–H groups in total. The van der Waals surface area contributed by atoms with Gasteiger partial charge < -0.3 is 5.73 Å². The van der Waals surface area contributed by atoms with Gasteiger partial charge in [0.2, 0.25) is 0 Å². The van der Waals surface area contributed by atoms with Crippen molar-refractivity contribution in [2.24, 2.45) is 5.73 Å². The SMILES string of the molecule is Cc1cccc(C(N)c2ccc(Cl)c3ccccc23)c1C. The molecule has 3 aromatic carbocycles. The summed E-state index contributed by atoms with van der Waals surface area (Å²) in [6, 6.07) is 18.3. The molecular weight excluding hydrogens is 278 g/mol. The van der Waals surface area contributed by atoms with E-state index in [2.05, 4.69) is 38.1 Å². The molecule has 1 atom stereocenters. The lowest BCUT2D eigenvalue weighted by Crippen LogP contribution is -2.14. The fourth-order valence-electron chi connectivity index (χ4n) is 2.84. The molecular formula is C19H18ClN. The average molecular weight is 296 g/mol. The Morgan fingerprint density at radius 1 is 0.810 bits per heavy atom. The second-order valence-corrected chi connectivity index (χ2v) is 5.86. The van der Waals surface area contributed by atoms with Crippen molar-refractivity contribution in [1.29, 1.82) is 0 Å². The molecule has 2 heteroatoms. The molecule has 1 nitrogen and oxygen atoms in total. The summed E-state index contributed by atoms with van der Waals surface area (Å²) in [6.45, 7) is 4.24. The Bertz CT molecular complexity index is 808. The summed E-state index contributed by atoms with van der Waals surface area (Å²) in [5.41, 5.74) is 11.4. The first-order valence-electron chi connectivity index (χ1n) is 7.08. The lowest BCUT2D eigenvalue weighted by Gasteiger charge is -2.19. The molecule has 21 heavy (non-hydrogen) atoms. The largest absolute Gasteiger partial charge is 0.320 e. The van der Waals surface area contributed by atoms with E-state index < -0.39 is 0 Å². The molecule has 106 valence electrons. The number of aryl methyl sites for hydroxylation is 1. The summed E-state index contributed by atoms with van der Waals surface area (Å²) >= 11 is 6.30. The third kappa shape index (κ3) is 2.44. The van der Waals surface area contributed by atoms with Gasteiger partial charge in [-0.05, 0) is 47.6 Å². The van der Waals surface area contributed by atoms with Gasteiger partial charge in [0.1, 0.15) is 0 Å². The third-order valence-corrected chi connectivity index (χ3v) is 4.55. The van der Waals surface area contributed by atoms with Gasteiger partial charge in [-0.25, -0.2) is 0 Å². The summed E-state index contributed by atoms with van der Waals surface area (Å²) in [7, 11) is 0. The number of halogens is 1. The van der Waals surface area contributed by atoms with Crippen LogP contribution in [0.15, 0.2) is 54.6 Å². The molecule has 3 aromatic rings. The number of fused-ring (bicyclic) bond motifs is 1. The highest BCUT2D eigenvalue weighted by Gasteiger charge is 2.15. The molecule has 0 fully saturated rings. The second-order valence-electron chi connectivity index (χ2n) is 5.45. The molecule has 0 aliphatic heterocycles. The normalized spacial score (nSPS) is 12.6. The van der Waals surface area contributed by atoms with E-state index in [1.807, 2.05) is 30.3 Å². The molecule has 0 aliphatic carbocycles. The molecule has 0 saturated carbocycles. The maximum atomic E-state index is 6.56. The number of rotatable bonds is 2. The van der Waals surface area contributed by atoms with Crippen molar-refractivity contribution >= 4 is 22.4 Å². The van der Waals surface area contributed by atoms with E-state index >= 15 is 0 Å². The Labute approximate surface area is 130 Å². The molecule has 3 rings (SSSR count). The minimum Gasteiger partial charge on any atom is -0.320 e. The van der Waals surface area contributed by atoms with Gasteiger partial charge in [-0.2, -0.15) is 0 Å². The van der Waals surface area contributed by atoms with Crippen LogP contribution in [-0.4, -0.2) is 0 Å². The quantitative estimate of drug-likeness (QED) is 0.694. The predicted molar refractivity (Wildman–Crippen MR) is 90.9 cm³/mol. The van der Waals surface area contributed by atoms with E-state index in [-0.39, 0.29) is 6.04 Å². The summed E-state index contributed by atoms with van der Waals surface area (Å²) < 4.78 is 0. The molecule has 0 aromatic heterocycles. The topological polar surface area (TPSA) is 26.0 Å². The van der Waals surface area contributed by atoms with E-state index in [4.69, 9.17) is 17.3 Å². The van der Waals surface area contributed by atoms with E-state index in [1.54, 1.807) is 0 Å². The van der Waals surface area contributed by atoms with Crippen LogP contribution in [0.2, 0.25) is 5.02 Å². The minimum absolute atomic E-state index is 0.146. The fraction of sp³-hybridized carbons (Fsp3) is 0.158. The van der Waals surface area contributed by atoms with Gasteiger partial charge in [0.15, 0.2) is 0 Å². The lowest BCUT2D eigenvalue weighted by molar-refractivity contribution is 0.867. The predicted octanol–water partition coefficient (Wildman–Crippen LogP) is 5.16. The van der Waals surface area contributed by atoms with Gasteiger partial charge in [0, 0.05) is 10.4 Å². The molecule has 0 amide bonds. The zero-order valence-corrected chi connectivity index (χ0v) is 13.0. The molecule has 0 saturated heterocycles. The van der Waals surface area contributed by atoms with Crippen molar-refractivity contribution in [3.05, 3.63) is 81.9 Å². The van der Waals surface area contributed by atoms with Crippen molar-refractivity contribution in [3.8, 4) is 0 Å².